The van der Waals surface area contributed by atoms with Crippen LogP contribution in [0.5, 0.6) is 0 Å². The molecule has 0 heterocycles. The number of aryl methyl sites for hydroxylation is 4. The van der Waals surface area contributed by atoms with Gasteiger partial charge in [-0.25, -0.2) is 0 Å². The third-order valence-electron chi connectivity index (χ3n) is 6.53. The lowest BCUT2D eigenvalue weighted by Gasteiger charge is -2.04. The number of hydrogen-bond donors (Lipinski definition) is 4. The van der Waals surface area contributed by atoms with Gasteiger partial charge in [-0.2, -0.15) is 0 Å². The molecule has 0 aliphatic carbocycles. The standard InChI is InChI=1S/C17H22N2.C16H20N2/c18-16-10-6-14(7-11-16)4-2-1-3-5-15-8-12-17(19)13-9-15;17-15-9-5-13(6-10-15)3-1-2-4-14-7-11-16(18)12-8-14/h6-13H,1-5,18-19H2;5-12H,1-4,17-18H2. The number of anilines is 4. The Bertz CT molecular complexity index is 1050. The molecule has 0 atom stereocenters. The summed E-state index contributed by atoms with van der Waals surface area (Å²) < 4.78 is 0. The second-order valence-corrected chi connectivity index (χ2v) is 9.73. The van der Waals surface area contributed by atoms with Gasteiger partial charge in [0.25, 0.3) is 0 Å². The largest absolute Gasteiger partial charge is 0.399 e. The quantitative estimate of drug-likeness (QED) is 0.130. The summed E-state index contributed by atoms with van der Waals surface area (Å²) in [7, 11) is 0. The molecular weight excluding hydrogens is 452 g/mol. The summed E-state index contributed by atoms with van der Waals surface area (Å²) in [5, 5.41) is 0. The second kappa shape index (κ2) is 15.2. The van der Waals surface area contributed by atoms with Crippen LogP contribution in [0.4, 0.5) is 22.7 Å². The molecule has 4 heteroatoms. The maximum absolute atomic E-state index is 5.67. The van der Waals surface area contributed by atoms with Crippen molar-refractivity contribution < 1.29 is 0 Å². The minimum absolute atomic E-state index is 0.834. The maximum atomic E-state index is 5.67. The Hall–Kier alpha value is -3.92. The van der Waals surface area contributed by atoms with Crippen molar-refractivity contribution in [2.45, 2.75) is 57.8 Å². The molecule has 0 aliphatic heterocycles. The Kier molecular flexibility index (Phi) is 11.4. The van der Waals surface area contributed by atoms with Crippen LogP contribution < -0.4 is 22.9 Å². The lowest BCUT2D eigenvalue weighted by atomic mass is 10.0. The first-order valence-electron chi connectivity index (χ1n) is 13.4. The first kappa shape index (κ1) is 27.7. The molecule has 0 bridgehead atoms. The van der Waals surface area contributed by atoms with Gasteiger partial charge in [-0.1, -0.05) is 55.0 Å². The van der Waals surface area contributed by atoms with E-state index in [1.165, 1.54) is 54.4 Å². The molecule has 8 N–H and O–H groups in total. The Morgan fingerprint density at radius 1 is 0.270 bits per heavy atom. The highest BCUT2D eigenvalue weighted by atomic mass is 14.5. The Morgan fingerprint density at radius 2 is 0.459 bits per heavy atom. The molecule has 0 aromatic heterocycles. The van der Waals surface area contributed by atoms with E-state index in [1.54, 1.807) is 0 Å². The smallest absolute Gasteiger partial charge is 0.0314 e. The van der Waals surface area contributed by atoms with Gasteiger partial charge in [0.1, 0.15) is 0 Å². The van der Waals surface area contributed by atoms with Crippen LogP contribution in [0.3, 0.4) is 0 Å². The van der Waals surface area contributed by atoms with Gasteiger partial charge in [-0.15, -0.1) is 0 Å². The van der Waals surface area contributed by atoms with Gasteiger partial charge in [0, 0.05) is 22.7 Å². The van der Waals surface area contributed by atoms with E-state index < -0.39 is 0 Å². The highest BCUT2D eigenvalue weighted by Gasteiger charge is 1.97. The van der Waals surface area contributed by atoms with Gasteiger partial charge in [0.2, 0.25) is 0 Å². The third kappa shape index (κ3) is 11.1. The molecule has 0 saturated carbocycles. The Morgan fingerprint density at radius 3 is 0.676 bits per heavy atom. The minimum atomic E-state index is 0.834. The molecule has 0 fully saturated rings. The monoisotopic (exact) mass is 494 g/mol. The van der Waals surface area contributed by atoms with Crippen molar-refractivity contribution in [1.29, 1.82) is 0 Å². The summed E-state index contributed by atoms with van der Waals surface area (Å²) in [5.74, 6) is 0. The molecule has 0 spiro atoms. The summed E-state index contributed by atoms with van der Waals surface area (Å²) in [4.78, 5) is 0. The molecule has 0 saturated heterocycles. The van der Waals surface area contributed by atoms with Crippen molar-refractivity contribution >= 4 is 22.7 Å². The molecule has 194 valence electrons. The second-order valence-electron chi connectivity index (χ2n) is 9.73. The van der Waals surface area contributed by atoms with Crippen molar-refractivity contribution in [2.24, 2.45) is 0 Å². The zero-order chi connectivity index (χ0) is 26.3. The zero-order valence-electron chi connectivity index (χ0n) is 21.9. The molecular formula is C33H42N4. The molecule has 0 radical (unpaired) electrons. The van der Waals surface area contributed by atoms with E-state index in [-0.39, 0.29) is 0 Å². The van der Waals surface area contributed by atoms with Crippen LogP contribution in [0.1, 0.15) is 54.4 Å². The predicted molar refractivity (Wildman–Crippen MR) is 161 cm³/mol. The van der Waals surface area contributed by atoms with Crippen molar-refractivity contribution in [3.8, 4) is 0 Å². The van der Waals surface area contributed by atoms with Crippen molar-refractivity contribution in [3.05, 3.63) is 119 Å². The fraction of sp³-hybridized carbons (Fsp3) is 0.273. The van der Waals surface area contributed by atoms with Gasteiger partial charge in [0.15, 0.2) is 0 Å². The van der Waals surface area contributed by atoms with E-state index in [0.717, 1.165) is 48.4 Å². The van der Waals surface area contributed by atoms with Crippen LogP contribution in [0.25, 0.3) is 0 Å². The molecule has 4 aromatic carbocycles. The van der Waals surface area contributed by atoms with Gasteiger partial charge < -0.3 is 22.9 Å². The van der Waals surface area contributed by atoms with Gasteiger partial charge in [-0.05, 0) is 122 Å². The maximum Gasteiger partial charge on any atom is 0.0314 e. The SMILES string of the molecule is Nc1ccc(CCCCCc2ccc(N)cc2)cc1.Nc1ccc(CCCCc2ccc(N)cc2)cc1. The normalized spacial score (nSPS) is 10.5. The van der Waals surface area contributed by atoms with Crippen LogP contribution in [-0.2, 0) is 25.7 Å². The van der Waals surface area contributed by atoms with Gasteiger partial charge in [-0.3, -0.25) is 0 Å². The molecule has 0 amide bonds. The Labute approximate surface area is 222 Å². The third-order valence-corrected chi connectivity index (χ3v) is 6.53. The van der Waals surface area contributed by atoms with Crippen LogP contribution in [0.15, 0.2) is 97.1 Å². The number of nitrogen functional groups attached to an aromatic ring is 4. The first-order valence-corrected chi connectivity index (χ1v) is 13.4. The molecule has 4 nitrogen and oxygen atoms in total. The van der Waals surface area contributed by atoms with Crippen LogP contribution in [0.2, 0.25) is 0 Å². The van der Waals surface area contributed by atoms with E-state index in [4.69, 9.17) is 22.9 Å². The zero-order valence-corrected chi connectivity index (χ0v) is 21.9. The number of rotatable bonds is 11. The van der Waals surface area contributed by atoms with Crippen molar-refractivity contribution in [2.75, 3.05) is 22.9 Å². The average Bonchev–Trinajstić information content (AvgIpc) is 2.91. The lowest BCUT2D eigenvalue weighted by molar-refractivity contribution is 0.678. The van der Waals surface area contributed by atoms with E-state index >= 15 is 0 Å². The van der Waals surface area contributed by atoms with E-state index in [9.17, 15) is 0 Å². The molecule has 4 rings (SSSR count). The predicted octanol–water partition coefficient (Wildman–Crippen LogP) is 7.22. The van der Waals surface area contributed by atoms with Crippen LogP contribution in [0, 0.1) is 0 Å². The number of nitrogens with two attached hydrogens (primary N) is 4. The minimum Gasteiger partial charge on any atom is -0.399 e. The van der Waals surface area contributed by atoms with Crippen LogP contribution >= 0.6 is 0 Å². The van der Waals surface area contributed by atoms with E-state index in [1.807, 2.05) is 48.5 Å². The topological polar surface area (TPSA) is 104 Å². The van der Waals surface area contributed by atoms with Gasteiger partial charge >= 0.3 is 0 Å². The average molecular weight is 495 g/mol. The fourth-order valence-corrected chi connectivity index (χ4v) is 4.23. The summed E-state index contributed by atoms with van der Waals surface area (Å²) in [6.07, 6.45) is 10.7. The van der Waals surface area contributed by atoms with E-state index in [0.29, 0.717) is 0 Å². The fourth-order valence-electron chi connectivity index (χ4n) is 4.23. The first-order chi connectivity index (χ1) is 18.0. The summed E-state index contributed by atoms with van der Waals surface area (Å²) in [6, 6.07) is 32.7. The van der Waals surface area contributed by atoms with Crippen molar-refractivity contribution in [3.63, 3.8) is 0 Å². The van der Waals surface area contributed by atoms with Gasteiger partial charge in [0.05, 0.1) is 0 Å². The number of unbranched alkanes of at least 4 members (excludes halogenated alkanes) is 3. The highest BCUT2D eigenvalue weighted by Crippen LogP contribution is 2.14. The number of hydrogen-bond acceptors (Lipinski definition) is 4. The molecule has 0 unspecified atom stereocenters. The van der Waals surface area contributed by atoms with Crippen molar-refractivity contribution in [1.82, 2.24) is 0 Å². The summed E-state index contributed by atoms with van der Waals surface area (Å²) in [6.45, 7) is 0. The summed E-state index contributed by atoms with van der Waals surface area (Å²) >= 11 is 0. The molecule has 0 aliphatic rings. The van der Waals surface area contributed by atoms with Crippen LogP contribution in [-0.4, -0.2) is 0 Å². The summed E-state index contributed by atoms with van der Waals surface area (Å²) in [5.41, 5.74) is 31.5. The molecule has 4 aromatic rings. The highest BCUT2D eigenvalue weighted by molar-refractivity contribution is 5.41. The van der Waals surface area contributed by atoms with E-state index in [2.05, 4.69) is 48.5 Å². The molecule has 37 heavy (non-hydrogen) atoms. The Balaban J connectivity index is 0.000000206. The number of benzene rings is 4. The lowest BCUT2D eigenvalue weighted by Crippen LogP contribution is -1.91.